The second-order valence-electron chi connectivity index (χ2n) is 4.47. The van der Waals surface area contributed by atoms with Gasteiger partial charge in [-0.25, -0.2) is 0 Å². The number of ether oxygens (including phenoxy) is 2. The van der Waals surface area contributed by atoms with Gasteiger partial charge in [-0.3, -0.25) is 0 Å². The molecule has 0 aliphatic heterocycles. The Hall–Kier alpha value is -1.68. The van der Waals surface area contributed by atoms with Crippen LogP contribution in [0.5, 0.6) is 11.5 Å². The first-order chi connectivity index (χ1) is 9.65. The second-order valence-corrected chi connectivity index (χ2v) is 5.38. The van der Waals surface area contributed by atoms with Crippen LogP contribution < -0.4 is 14.8 Å². The molecule has 0 heterocycles. The molecule has 0 atom stereocenters. The molecule has 0 amide bonds. The summed E-state index contributed by atoms with van der Waals surface area (Å²) in [5, 5.41) is 3.43. The fourth-order valence-corrected chi connectivity index (χ4v) is 2.58. The van der Waals surface area contributed by atoms with Gasteiger partial charge < -0.3 is 14.8 Å². The number of para-hydroxylation sites is 1. The minimum absolute atomic E-state index is 0.683. The van der Waals surface area contributed by atoms with Crippen molar-refractivity contribution in [3.63, 3.8) is 0 Å². The zero-order valence-electron chi connectivity index (χ0n) is 11.9. The summed E-state index contributed by atoms with van der Waals surface area (Å²) in [6, 6.07) is 12.1. The van der Waals surface area contributed by atoms with Gasteiger partial charge in [0.25, 0.3) is 0 Å². The maximum absolute atomic E-state index is 5.43. The Morgan fingerprint density at radius 1 is 1.10 bits per heavy atom. The second kappa shape index (κ2) is 6.66. The van der Waals surface area contributed by atoms with Crippen molar-refractivity contribution < 1.29 is 9.47 Å². The van der Waals surface area contributed by atoms with Gasteiger partial charge in [0, 0.05) is 22.3 Å². The van der Waals surface area contributed by atoms with Crippen molar-refractivity contribution in [2.24, 2.45) is 0 Å². The van der Waals surface area contributed by atoms with Crippen LogP contribution in [0.2, 0.25) is 0 Å². The molecule has 0 saturated heterocycles. The van der Waals surface area contributed by atoms with Crippen LogP contribution in [0, 0.1) is 6.92 Å². The molecular formula is C16H18BrNO2. The molecule has 0 unspecified atom stereocenters. The third-order valence-corrected chi connectivity index (χ3v) is 3.64. The van der Waals surface area contributed by atoms with Crippen molar-refractivity contribution in [1.29, 1.82) is 0 Å². The minimum atomic E-state index is 0.683. The molecule has 0 fully saturated rings. The van der Waals surface area contributed by atoms with Gasteiger partial charge in [0.05, 0.1) is 14.2 Å². The Morgan fingerprint density at radius 3 is 2.55 bits per heavy atom. The third-order valence-electron chi connectivity index (χ3n) is 3.14. The number of aryl methyl sites for hydroxylation is 1. The predicted octanol–water partition coefficient (Wildman–Crippen LogP) is 4.39. The molecule has 0 aromatic heterocycles. The highest BCUT2D eigenvalue weighted by Crippen LogP contribution is 2.31. The molecule has 2 aromatic rings. The fourth-order valence-electron chi connectivity index (χ4n) is 2.11. The molecule has 0 spiro atoms. The van der Waals surface area contributed by atoms with Crippen LogP contribution >= 0.6 is 15.9 Å². The SMILES string of the molecule is COc1cccc(CNc2ccc(Br)cc2C)c1OC. The van der Waals surface area contributed by atoms with Crippen LogP contribution in [-0.4, -0.2) is 14.2 Å². The van der Waals surface area contributed by atoms with Gasteiger partial charge in [0.15, 0.2) is 11.5 Å². The van der Waals surface area contributed by atoms with Crippen LogP contribution in [0.25, 0.3) is 0 Å². The quantitative estimate of drug-likeness (QED) is 0.879. The highest BCUT2D eigenvalue weighted by atomic mass is 79.9. The van der Waals surface area contributed by atoms with Crippen LogP contribution in [0.3, 0.4) is 0 Å². The molecule has 0 aliphatic carbocycles. The van der Waals surface area contributed by atoms with Crippen molar-refractivity contribution in [2.75, 3.05) is 19.5 Å². The van der Waals surface area contributed by atoms with E-state index in [4.69, 9.17) is 9.47 Å². The van der Waals surface area contributed by atoms with Gasteiger partial charge in [-0.1, -0.05) is 28.1 Å². The third kappa shape index (κ3) is 3.25. The first kappa shape index (κ1) is 14.7. The first-order valence-corrected chi connectivity index (χ1v) is 7.15. The van der Waals surface area contributed by atoms with Crippen molar-refractivity contribution in [3.8, 4) is 11.5 Å². The Balaban J connectivity index is 2.18. The molecule has 20 heavy (non-hydrogen) atoms. The summed E-state index contributed by atoms with van der Waals surface area (Å²) in [7, 11) is 3.31. The molecule has 0 aliphatic rings. The van der Waals surface area contributed by atoms with E-state index in [0.717, 1.165) is 27.2 Å². The van der Waals surface area contributed by atoms with Crippen LogP contribution in [0.4, 0.5) is 5.69 Å². The molecule has 0 saturated carbocycles. The smallest absolute Gasteiger partial charge is 0.165 e. The van der Waals surface area contributed by atoms with E-state index in [1.165, 1.54) is 5.56 Å². The van der Waals surface area contributed by atoms with Gasteiger partial charge in [0.1, 0.15) is 0 Å². The maximum atomic E-state index is 5.43. The molecule has 2 rings (SSSR count). The number of hydrogen-bond acceptors (Lipinski definition) is 3. The Kier molecular flexibility index (Phi) is 4.90. The number of anilines is 1. The van der Waals surface area contributed by atoms with Crippen LogP contribution in [0.15, 0.2) is 40.9 Å². The molecular weight excluding hydrogens is 318 g/mol. The Morgan fingerprint density at radius 2 is 1.90 bits per heavy atom. The van der Waals surface area contributed by atoms with E-state index in [-0.39, 0.29) is 0 Å². The van der Waals surface area contributed by atoms with Gasteiger partial charge >= 0.3 is 0 Å². The molecule has 0 bridgehead atoms. The number of benzene rings is 2. The lowest BCUT2D eigenvalue weighted by molar-refractivity contribution is 0.352. The lowest BCUT2D eigenvalue weighted by Gasteiger charge is -2.14. The molecule has 3 nitrogen and oxygen atoms in total. The van der Waals surface area contributed by atoms with Crippen LogP contribution in [-0.2, 0) is 6.54 Å². The molecule has 4 heteroatoms. The van der Waals surface area contributed by atoms with E-state index in [1.807, 2.05) is 24.3 Å². The summed E-state index contributed by atoms with van der Waals surface area (Å²) in [4.78, 5) is 0. The normalized spacial score (nSPS) is 10.2. The Bertz CT molecular complexity index is 599. The number of halogens is 1. The van der Waals surface area contributed by atoms with E-state index in [0.29, 0.717) is 6.54 Å². The molecule has 1 N–H and O–H groups in total. The summed E-state index contributed by atoms with van der Waals surface area (Å²) in [6.45, 7) is 2.76. The van der Waals surface area contributed by atoms with Gasteiger partial charge in [0.2, 0.25) is 0 Å². The number of rotatable bonds is 5. The van der Waals surface area contributed by atoms with Gasteiger partial charge in [-0.05, 0) is 36.8 Å². The summed E-state index contributed by atoms with van der Waals surface area (Å²) >= 11 is 3.47. The van der Waals surface area contributed by atoms with Crippen molar-refractivity contribution in [1.82, 2.24) is 0 Å². The minimum Gasteiger partial charge on any atom is -0.493 e. The van der Waals surface area contributed by atoms with Gasteiger partial charge in [-0.2, -0.15) is 0 Å². The topological polar surface area (TPSA) is 30.5 Å². The fraction of sp³-hybridized carbons (Fsp3) is 0.250. The number of hydrogen-bond donors (Lipinski definition) is 1. The summed E-state index contributed by atoms with van der Waals surface area (Å²) in [6.07, 6.45) is 0. The monoisotopic (exact) mass is 335 g/mol. The zero-order chi connectivity index (χ0) is 14.5. The largest absolute Gasteiger partial charge is 0.493 e. The standard InChI is InChI=1S/C16H18BrNO2/c1-11-9-13(17)7-8-14(11)18-10-12-5-4-6-15(19-2)16(12)20-3/h4-9,18H,10H2,1-3H3. The zero-order valence-corrected chi connectivity index (χ0v) is 13.5. The van der Waals surface area contributed by atoms with Crippen molar-refractivity contribution >= 4 is 21.6 Å². The van der Waals surface area contributed by atoms with Crippen molar-refractivity contribution in [2.45, 2.75) is 13.5 Å². The molecule has 2 aromatic carbocycles. The average Bonchev–Trinajstić information content (AvgIpc) is 2.45. The lowest BCUT2D eigenvalue weighted by atomic mass is 10.1. The maximum Gasteiger partial charge on any atom is 0.165 e. The number of methoxy groups -OCH3 is 2. The molecule has 106 valence electrons. The summed E-state index contributed by atoms with van der Waals surface area (Å²) in [5.41, 5.74) is 3.37. The molecule has 0 radical (unpaired) electrons. The van der Waals surface area contributed by atoms with E-state index < -0.39 is 0 Å². The van der Waals surface area contributed by atoms with Crippen molar-refractivity contribution in [3.05, 3.63) is 52.0 Å². The van der Waals surface area contributed by atoms with E-state index in [1.54, 1.807) is 14.2 Å². The highest BCUT2D eigenvalue weighted by molar-refractivity contribution is 9.10. The summed E-state index contributed by atoms with van der Waals surface area (Å²) in [5.74, 6) is 1.52. The lowest BCUT2D eigenvalue weighted by Crippen LogP contribution is -2.04. The van der Waals surface area contributed by atoms with E-state index >= 15 is 0 Å². The van der Waals surface area contributed by atoms with E-state index in [9.17, 15) is 0 Å². The van der Waals surface area contributed by atoms with Crippen LogP contribution in [0.1, 0.15) is 11.1 Å². The summed E-state index contributed by atoms with van der Waals surface area (Å²) < 4.78 is 11.8. The number of nitrogens with one attached hydrogen (secondary N) is 1. The average molecular weight is 336 g/mol. The van der Waals surface area contributed by atoms with E-state index in [2.05, 4.69) is 40.3 Å². The Labute approximate surface area is 128 Å². The highest BCUT2D eigenvalue weighted by Gasteiger charge is 2.09. The predicted molar refractivity (Wildman–Crippen MR) is 85.8 cm³/mol. The van der Waals surface area contributed by atoms with Gasteiger partial charge in [-0.15, -0.1) is 0 Å². The first-order valence-electron chi connectivity index (χ1n) is 6.35.